The molecule has 0 fully saturated rings. The van der Waals surface area contributed by atoms with Crippen LogP contribution in [0.1, 0.15) is 34.6 Å². The van der Waals surface area contributed by atoms with Crippen molar-refractivity contribution in [1.82, 2.24) is 0 Å². The highest BCUT2D eigenvalue weighted by Crippen LogP contribution is 2.30. The SMILES string of the molecule is C=CC(C)=C(C)C(C)(C)C=CC. The van der Waals surface area contributed by atoms with Gasteiger partial charge in [-0.25, -0.2) is 0 Å². The van der Waals surface area contributed by atoms with Gasteiger partial charge in [-0.2, -0.15) is 0 Å². The van der Waals surface area contributed by atoms with Crippen LogP contribution < -0.4 is 0 Å². The first-order valence-electron chi connectivity index (χ1n) is 4.40. The molecule has 68 valence electrons. The van der Waals surface area contributed by atoms with Gasteiger partial charge in [0, 0.05) is 5.41 Å². The zero-order valence-electron chi connectivity index (χ0n) is 8.94. The first-order valence-corrected chi connectivity index (χ1v) is 4.40. The molecular formula is C12H20. The lowest BCUT2D eigenvalue weighted by atomic mass is 9.82. The molecule has 0 aliphatic rings. The van der Waals surface area contributed by atoms with Crippen molar-refractivity contribution in [3.8, 4) is 0 Å². The number of rotatable bonds is 3. The molecule has 0 saturated carbocycles. The lowest BCUT2D eigenvalue weighted by Gasteiger charge is -2.23. The lowest BCUT2D eigenvalue weighted by Crippen LogP contribution is -2.10. The molecule has 0 radical (unpaired) electrons. The monoisotopic (exact) mass is 164 g/mol. The van der Waals surface area contributed by atoms with Crippen LogP contribution in [0.2, 0.25) is 0 Å². The van der Waals surface area contributed by atoms with Gasteiger partial charge in [0.2, 0.25) is 0 Å². The summed E-state index contributed by atoms with van der Waals surface area (Å²) in [5, 5.41) is 0. The van der Waals surface area contributed by atoms with Crippen molar-refractivity contribution < 1.29 is 0 Å². The molecule has 12 heavy (non-hydrogen) atoms. The standard InChI is InChI=1S/C12H20/c1-7-9-12(5,6)11(4)10(3)8-2/h7-9H,2H2,1,3-6H3. The number of hydrogen-bond acceptors (Lipinski definition) is 0. The maximum atomic E-state index is 3.77. The largest absolute Gasteiger partial charge is 0.0988 e. The molecule has 0 aromatic rings. The Bertz CT molecular complexity index is 214. The lowest BCUT2D eigenvalue weighted by molar-refractivity contribution is 0.574. The predicted molar refractivity (Wildman–Crippen MR) is 57.2 cm³/mol. The van der Waals surface area contributed by atoms with Gasteiger partial charge in [-0.05, 0) is 20.8 Å². The van der Waals surface area contributed by atoms with E-state index in [1.165, 1.54) is 11.1 Å². The molecule has 0 rings (SSSR count). The molecular weight excluding hydrogens is 144 g/mol. The average molecular weight is 164 g/mol. The molecule has 0 N–H and O–H groups in total. The third kappa shape index (κ3) is 2.69. The van der Waals surface area contributed by atoms with E-state index >= 15 is 0 Å². The summed E-state index contributed by atoms with van der Waals surface area (Å²) in [6, 6.07) is 0. The number of allylic oxidation sites excluding steroid dienone is 5. The predicted octanol–water partition coefficient (Wildman–Crippen LogP) is 4.11. The van der Waals surface area contributed by atoms with Crippen LogP contribution in [0.3, 0.4) is 0 Å². The average Bonchev–Trinajstić information content (AvgIpc) is 2.01. The van der Waals surface area contributed by atoms with Crippen molar-refractivity contribution in [3.63, 3.8) is 0 Å². The molecule has 0 aromatic heterocycles. The third-order valence-corrected chi connectivity index (χ3v) is 2.45. The summed E-state index contributed by atoms with van der Waals surface area (Å²) in [4.78, 5) is 0. The summed E-state index contributed by atoms with van der Waals surface area (Å²) in [5.41, 5.74) is 2.82. The topological polar surface area (TPSA) is 0 Å². The second kappa shape index (κ2) is 4.30. The van der Waals surface area contributed by atoms with E-state index in [0.29, 0.717) is 0 Å². The molecule has 0 nitrogen and oxygen atoms in total. The summed E-state index contributed by atoms with van der Waals surface area (Å²) in [7, 11) is 0. The molecule has 0 spiro atoms. The van der Waals surface area contributed by atoms with Gasteiger partial charge in [0.1, 0.15) is 0 Å². The van der Waals surface area contributed by atoms with Crippen molar-refractivity contribution in [2.45, 2.75) is 34.6 Å². The molecule has 0 amide bonds. The van der Waals surface area contributed by atoms with Crippen molar-refractivity contribution in [1.29, 1.82) is 0 Å². The van der Waals surface area contributed by atoms with E-state index in [4.69, 9.17) is 0 Å². The van der Waals surface area contributed by atoms with Gasteiger partial charge in [-0.1, -0.05) is 49.8 Å². The molecule has 0 aliphatic heterocycles. The molecule has 0 heterocycles. The highest BCUT2D eigenvalue weighted by molar-refractivity contribution is 5.28. The van der Waals surface area contributed by atoms with E-state index in [1.807, 2.05) is 6.08 Å². The Balaban J connectivity index is 4.90. The maximum absolute atomic E-state index is 3.77. The second-order valence-electron chi connectivity index (χ2n) is 3.73. The van der Waals surface area contributed by atoms with Crippen LogP contribution in [0.4, 0.5) is 0 Å². The van der Waals surface area contributed by atoms with Gasteiger partial charge in [0.05, 0.1) is 0 Å². The van der Waals surface area contributed by atoms with E-state index in [9.17, 15) is 0 Å². The van der Waals surface area contributed by atoms with Gasteiger partial charge in [0.25, 0.3) is 0 Å². The minimum atomic E-state index is 0.160. The van der Waals surface area contributed by atoms with Gasteiger partial charge in [-0.3, -0.25) is 0 Å². The summed E-state index contributed by atoms with van der Waals surface area (Å²) in [6.07, 6.45) is 6.23. The van der Waals surface area contributed by atoms with Crippen molar-refractivity contribution in [2.75, 3.05) is 0 Å². The fourth-order valence-electron chi connectivity index (χ4n) is 1.20. The van der Waals surface area contributed by atoms with E-state index < -0.39 is 0 Å². The van der Waals surface area contributed by atoms with Crippen molar-refractivity contribution >= 4 is 0 Å². The minimum absolute atomic E-state index is 0.160. The highest BCUT2D eigenvalue weighted by atomic mass is 14.2. The first-order chi connectivity index (χ1) is 5.45. The summed E-state index contributed by atoms with van der Waals surface area (Å²) < 4.78 is 0. The Labute approximate surface area is 76.7 Å². The van der Waals surface area contributed by atoms with E-state index in [-0.39, 0.29) is 5.41 Å². The smallest absolute Gasteiger partial charge is 0.00370 e. The Hall–Kier alpha value is -0.780. The molecule has 0 aliphatic carbocycles. The molecule has 0 saturated heterocycles. The Kier molecular flexibility index (Phi) is 4.02. The van der Waals surface area contributed by atoms with Crippen LogP contribution in [-0.4, -0.2) is 0 Å². The van der Waals surface area contributed by atoms with Crippen LogP contribution in [0, 0.1) is 5.41 Å². The van der Waals surface area contributed by atoms with Gasteiger partial charge in [0.15, 0.2) is 0 Å². The van der Waals surface area contributed by atoms with Crippen LogP contribution in [0.15, 0.2) is 36.0 Å². The van der Waals surface area contributed by atoms with Crippen LogP contribution in [-0.2, 0) is 0 Å². The quantitative estimate of drug-likeness (QED) is 0.435. The third-order valence-electron chi connectivity index (χ3n) is 2.45. The van der Waals surface area contributed by atoms with Crippen molar-refractivity contribution in [2.24, 2.45) is 5.41 Å². The maximum Gasteiger partial charge on any atom is 0.00370 e. The molecule has 0 aromatic carbocycles. The molecule has 0 unspecified atom stereocenters. The first kappa shape index (κ1) is 11.2. The Morgan fingerprint density at radius 1 is 1.25 bits per heavy atom. The minimum Gasteiger partial charge on any atom is -0.0988 e. The molecule has 0 heteroatoms. The zero-order valence-corrected chi connectivity index (χ0v) is 8.94. The number of hydrogen-bond donors (Lipinski definition) is 0. The fourth-order valence-corrected chi connectivity index (χ4v) is 1.20. The van der Waals surface area contributed by atoms with Crippen LogP contribution in [0.5, 0.6) is 0 Å². The normalized spacial score (nSPS) is 14.8. The highest BCUT2D eigenvalue weighted by Gasteiger charge is 2.16. The summed E-state index contributed by atoms with van der Waals surface area (Å²) in [6.45, 7) is 14.5. The zero-order chi connectivity index (χ0) is 9.78. The van der Waals surface area contributed by atoms with E-state index in [0.717, 1.165) is 0 Å². The molecule has 0 atom stereocenters. The van der Waals surface area contributed by atoms with Gasteiger partial charge < -0.3 is 0 Å². The van der Waals surface area contributed by atoms with Gasteiger partial charge in [-0.15, -0.1) is 0 Å². The van der Waals surface area contributed by atoms with E-state index in [1.54, 1.807) is 0 Å². The fraction of sp³-hybridized carbons (Fsp3) is 0.500. The molecule has 0 bridgehead atoms. The van der Waals surface area contributed by atoms with Crippen molar-refractivity contribution in [3.05, 3.63) is 36.0 Å². The second-order valence-corrected chi connectivity index (χ2v) is 3.73. The Morgan fingerprint density at radius 3 is 2.08 bits per heavy atom. The van der Waals surface area contributed by atoms with Gasteiger partial charge >= 0.3 is 0 Å². The van der Waals surface area contributed by atoms with E-state index in [2.05, 4.69) is 53.3 Å². The van der Waals surface area contributed by atoms with Crippen LogP contribution in [0.25, 0.3) is 0 Å². The van der Waals surface area contributed by atoms with Crippen LogP contribution >= 0.6 is 0 Å². The summed E-state index contributed by atoms with van der Waals surface area (Å²) >= 11 is 0. The summed E-state index contributed by atoms with van der Waals surface area (Å²) in [5.74, 6) is 0. The Morgan fingerprint density at radius 2 is 1.75 bits per heavy atom.